The number of hydrogen-bond acceptors (Lipinski definition) is 3. The van der Waals surface area contributed by atoms with Crippen molar-refractivity contribution in [3.63, 3.8) is 0 Å². The molecule has 6 nitrogen and oxygen atoms in total. The summed E-state index contributed by atoms with van der Waals surface area (Å²) in [6.07, 6.45) is 2.81. The van der Waals surface area contributed by atoms with Gasteiger partial charge in [-0.3, -0.25) is 9.59 Å². The summed E-state index contributed by atoms with van der Waals surface area (Å²) >= 11 is 0. The Morgan fingerprint density at radius 1 is 1.26 bits per heavy atom. The van der Waals surface area contributed by atoms with E-state index in [9.17, 15) is 9.59 Å². The van der Waals surface area contributed by atoms with E-state index >= 15 is 0 Å². The van der Waals surface area contributed by atoms with Crippen molar-refractivity contribution in [1.29, 1.82) is 0 Å². The first-order chi connectivity index (χ1) is 12.8. The molecule has 1 aliphatic heterocycles. The molecule has 6 heteroatoms. The van der Waals surface area contributed by atoms with Gasteiger partial charge in [0.2, 0.25) is 5.91 Å². The number of hydrogen-bond donors (Lipinski definition) is 3. The molecule has 0 spiro atoms. The van der Waals surface area contributed by atoms with Gasteiger partial charge in [0, 0.05) is 22.9 Å². The van der Waals surface area contributed by atoms with E-state index < -0.39 is 5.91 Å². The van der Waals surface area contributed by atoms with Gasteiger partial charge in [-0.25, -0.2) is 5.43 Å². The number of amides is 2. The molecule has 4 N–H and O–H groups in total. The highest BCUT2D eigenvalue weighted by atomic mass is 16.2. The van der Waals surface area contributed by atoms with E-state index in [-0.39, 0.29) is 11.8 Å². The average molecular weight is 364 g/mol. The zero-order valence-corrected chi connectivity index (χ0v) is 16.0. The number of primary amides is 1. The lowest BCUT2D eigenvalue weighted by atomic mass is 9.90. The van der Waals surface area contributed by atoms with Gasteiger partial charge in [0.1, 0.15) is 0 Å². The van der Waals surface area contributed by atoms with Crippen LogP contribution in [0.3, 0.4) is 0 Å². The Morgan fingerprint density at radius 2 is 1.93 bits per heavy atom. The number of H-pyrrole nitrogens is 1. The molecular formula is C21H24N4O2. The molecule has 1 atom stereocenters. The summed E-state index contributed by atoms with van der Waals surface area (Å²) in [6.45, 7) is 8.20. The van der Waals surface area contributed by atoms with Gasteiger partial charge in [0.05, 0.1) is 11.3 Å². The Bertz CT molecular complexity index is 965. The van der Waals surface area contributed by atoms with Crippen molar-refractivity contribution in [2.24, 2.45) is 10.8 Å². The third kappa shape index (κ3) is 3.43. The van der Waals surface area contributed by atoms with E-state index in [2.05, 4.69) is 29.4 Å². The lowest BCUT2D eigenvalue weighted by molar-refractivity contribution is -0.116. The van der Waals surface area contributed by atoms with Crippen LogP contribution in [0, 0.1) is 13.8 Å². The van der Waals surface area contributed by atoms with Crippen molar-refractivity contribution in [3.8, 4) is 0 Å². The number of carbonyl (C=O) groups excluding carboxylic acids is 2. The van der Waals surface area contributed by atoms with Crippen LogP contribution in [0.25, 0.3) is 6.08 Å². The molecule has 3 rings (SSSR count). The minimum atomic E-state index is -0.464. The Kier molecular flexibility index (Phi) is 4.99. The molecule has 0 bridgehead atoms. The molecule has 0 radical (unpaired) electrons. The van der Waals surface area contributed by atoms with Crippen LogP contribution >= 0.6 is 0 Å². The highest BCUT2D eigenvalue weighted by Gasteiger charge is 2.28. The van der Waals surface area contributed by atoms with Crippen LogP contribution < -0.4 is 11.2 Å². The van der Waals surface area contributed by atoms with Gasteiger partial charge < -0.3 is 10.7 Å². The van der Waals surface area contributed by atoms with E-state index in [1.807, 2.05) is 32.1 Å². The SMILES string of the molecule is CCc1c(C)[nH]c(/C=C2/C(=O)NN=C2C(C)c2ccc(C(N)=O)cc2)c1C. The molecule has 0 fully saturated rings. The highest BCUT2D eigenvalue weighted by Crippen LogP contribution is 2.27. The molecule has 2 heterocycles. The predicted octanol–water partition coefficient (Wildman–Crippen LogP) is 2.97. The first kappa shape index (κ1) is 18.6. The number of benzene rings is 1. The first-order valence-electron chi connectivity index (χ1n) is 9.01. The summed E-state index contributed by atoms with van der Waals surface area (Å²) in [7, 11) is 0. The molecule has 27 heavy (non-hydrogen) atoms. The quantitative estimate of drug-likeness (QED) is 0.711. The lowest BCUT2D eigenvalue weighted by Gasteiger charge is -2.12. The minimum Gasteiger partial charge on any atom is -0.366 e. The summed E-state index contributed by atoms with van der Waals surface area (Å²) in [5, 5.41) is 4.25. The summed E-state index contributed by atoms with van der Waals surface area (Å²) in [6, 6.07) is 7.06. The predicted molar refractivity (Wildman–Crippen MR) is 107 cm³/mol. The van der Waals surface area contributed by atoms with Crippen LogP contribution in [0.2, 0.25) is 0 Å². The number of nitrogens with zero attached hydrogens (tertiary/aromatic N) is 1. The van der Waals surface area contributed by atoms with Gasteiger partial charge >= 0.3 is 0 Å². The number of hydrazone groups is 1. The van der Waals surface area contributed by atoms with Crippen LogP contribution in [-0.4, -0.2) is 22.5 Å². The molecule has 2 aromatic rings. The van der Waals surface area contributed by atoms with Crippen molar-refractivity contribution in [2.45, 2.75) is 40.0 Å². The maximum Gasteiger partial charge on any atom is 0.273 e. The van der Waals surface area contributed by atoms with Gasteiger partial charge in [-0.1, -0.05) is 26.0 Å². The standard InChI is InChI=1S/C21H24N4O2/c1-5-16-12(3)18(23-13(16)4)10-17-19(24-25-21(17)27)11(2)14-6-8-15(9-7-14)20(22)26/h6-11,23H,5H2,1-4H3,(H2,22,26)(H,25,27)/b17-10+. The zero-order chi connectivity index (χ0) is 19.7. The van der Waals surface area contributed by atoms with Gasteiger partial charge in [-0.15, -0.1) is 0 Å². The van der Waals surface area contributed by atoms with E-state index in [0.717, 1.165) is 28.9 Å². The van der Waals surface area contributed by atoms with Gasteiger partial charge in [0.15, 0.2) is 0 Å². The fraction of sp³-hybridized carbons (Fsp3) is 0.286. The second-order valence-electron chi connectivity index (χ2n) is 6.82. The maximum absolute atomic E-state index is 12.4. The van der Waals surface area contributed by atoms with Crippen LogP contribution in [0.1, 0.15) is 58.2 Å². The first-order valence-corrected chi connectivity index (χ1v) is 9.01. The second kappa shape index (κ2) is 7.23. The number of aromatic nitrogens is 1. The van der Waals surface area contributed by atoms with Crippen LogP contribution in [0.5, 0.6) is 0 Å². The number of rotatable bonds is 5. The fourth-order valence-corrected chi connectivity index (χ4v) is 3.55. The number of aryl methyl sites for hydroxylation is 1. The lowest BCUT2D eigenvalue weighted by Crippen LogP contribution is -2.16. The van der Waals surface area contributed by atoms with E-state index in [4.69, 9.17) is 5.73 Å². The van der Waals surface area contributed by atoms with Gasteiger partial charge in [-0.05, 0) is 55.2 Å². The van der Waals surface area contributed by atoms with Crippen molar-refractivity contribution in [3.05, 3.63) is 63.5 Å². The number of nitrogens with one attached hydrogen (secondary N) is 2. The van der Waals surface area contributed by atoms with Crippen LogP contribution in [0.4, 0.5) is 0 Å². The summed E-state index contributed by atoms with van der Waals surface area (Å²) in [5.41, 5.74) is 15.0. The largest absolute Gasteiger partial charge is 0.366 e. The molecule has 2 amide bonds. The van der Waals surface area contributed by atoms with Crippen LogP contribution in [-0.2, 0) is 11.2 Å². The van der Waals surface area contributed by atoms with Crippen molar-refractivity contribution < 1.29 is 9.59 Å². The highest BCUT2D eigenvalue weighted by molar-refractivity contribution is 6.29. The van der Waals surface area contributed by atoms with Gasteiger partial charge in [0.25, 0.3) is 5.91 Å². The van der Waals surface area contributed by atoms with Gasteiger partial charge in [-0.2, -0.15) is 5.10 Å². The average Bonchev–Trinajstić information content (AvgIpc) is 3.14. The topological polar surface area (TPSA) is 100 Å². The number of nitrogens with two attached hydrogens (primary N) is 1. The monoisotopic (exact) mass is 364 g/mol. The van der Waals surface area contributed by atoms with Crippen molar-refractivity contribution >= 4 is 23.6 Å². The molecular weight excluding hydrogens is 340 g/mol. The number of carbonyl (C=O) groups is 2. The summed E-state index contributed by atoms with van der Waals surface area (Å²) in [5.74, 6) is -0.788. The molecule has 1 unspecified atom stereocenters. The normalized spacial score (nSPS) is 16.4. The minimum absolute atomic E-state index is 0.112. The Morgan fingerprint density at radius 3 is 2.48 bits per heavy atom. The molecule has 1 aromatic heterocycles. The Labute approximate surface area is 158 Å². The third-order valence-electron chi connectivity index (χ3n) is 5.18. The Hall–Kier alpha value is -3.15. The summed E-state index contributed by atoms with van der Waals surface area (Å²) < 4.78 is 0. The Balaban J connectivity index is 1.95. The maximum atomic E-state index is 12.4. The van der Waals surface area contributed by atoms with E-state index in [0.29, 0.717) is 16.8 Å². The molecule has 0 saturated carbocycles. The van der Waals surface area contributed by atoms with Crippen LogP contribution in [0.15, 0.2) is 34.9 Å². The zero-order valence-electron chi connectivity index (χ0n) is 16.0. The second-order valence-corrected chi connectivity index (χ2v) is 6.82. The molecule has 1 aliphatic rings. The van der Waals surface area contributed by atoms with Crippen molar-refractivity contribution in [2.75, 3.05) is 0 Å². The summed E-state index contributed by atoms with van der Waals surface area (Å²) in [4.78, 5) is 27.0. The number of aromatic amines is 1. The molecule has 0 saturated heterocycles. The molecule has 140 valence electrons. The molecule has 0 aliphatic carbocycles. The van der Waals surface area contributed by atoms with Crippen molar-refractivity contribution in [1.82, 2.24) is 10.4 Å². The fourth-order valence-electron chi connectivity index (χ4n) is 3.55. The van der Waals surface area contributed by atoms with E-state index in [1.165, 1.54) is 5.56 Å². The molecule has 1 aromatic carbocycles. The smallest absolute Gasteiger partial charge is 0.273 e. The third-order valence-corrected chi connectivity index (χ3v) is 5.18. The van der Waals surface area contributed by atoms with E-state index in [1.54, 1.807) is 12.1 Å².